The Labute approximate surface area is 184 Å². The van der Waals surface area contributed by atoms with Crippen molar-refractivity contribution in [2.75, 3.05) is 13.7 Å². The van der Waals surface area contributed by atoms with E-state index < -0.39 is 23.8 Å². The summed E-state index contributed by atoms with van der Waals surface area (Å²) in [7, 11) is 1.63. The van der Waals surface area contributed by atoms with Gasteiger partial charge in [-0.2, -0.15) is 13.2 Å². The Morgan fingerprint density at radius 2 is 1.84 bits per heavy atom. The average Bonchev–Trinajstić information content (AvgIpc) is 3.04. The van der Waals surface area contributed by atoms with Crippen molar-refractivity contribution in [3.63, 3.8) is 0 Å². The molecule has 3 fully saturated rings. The van der Waals surface area contributed by atoms with Crippen LogP contribution in [0.4, 0.5) is 13.2 Å². The van der Waals surface area contributed by atoms with Crippen LogP contribution in [0.15, 0.2) is 11.6 Å². The molecule has 2 N–H and O–H groups in total. The van der Waals surface area contributed by atoms with E-state index in [-0.39, 0.29) is 16.7 Å². The Balaban J connectivity index is 1.57. The molecule has 178 valence electrons. The standard InChI is InChI=1S/C25H39F3O3/c1-15(21(29)25(26,27)28)18-7-8-19-17-6-5-16-13-24(30,14-31-4)12-11-22(16,2)20(17)9-10-23(18,19)3/h5,15,17-21,29-30H,6-14H2,1-4H3/t15-,17-,18+,19-,20-,21-,22-,23?,24-/m0/s1. The lowest BCUT2D eigenvalue weighted by atomic mass is 9.46. The van der Waals surface area contributed by atoms with Crippen LogP contribution in [0.25, 0.3) is 0 Å². The van der Waals surface area contributed by atoms with Crippen LogP contribution >= 0.6 is 0 Å². The number of aliphatic hydroxyl groups is 2. The Hall–Kier alpha value is -0.590. The summed E-state index contributed by atoms with van der Waals surface area (Å²) in [4.78, 5) is 0. The van der Waals surface area contributed by atoms with Crippen LogP contribution in [0.3, 0.4) is 0 Å². The first-order chi connectivity index (χ1) is 14.4. The van der Waals surface area contributed by atoms with E-state index in [0.717, 1.165) is 44.9 Å². The molecule has 0 radical (unpaired) electrons. The third-order valence-electron chi connectivity index (χ3n) is 10.2. The highest BCUT2D eigenvalue weighted by molar-refractivity contribution is 5.27. The summed E-state index contributed by atoms with van der Waals surface area (Å²) in [6.07, 6.45) is 2.55. The quantitative estimate of drug-likeness (QED) is 0.563. The zero-order valence-corrected chi connectivity index (χ0v) is 19.3. The molecule has 0 amide bonds. The SMILES string of the molecule is COC[C@]1(O)CC[C@@]2(C)C(=CC[C@H]3[C@@H]4CC[C@H]([C@H](C)[C@H](O)C(F)(F)F)C4(C)CC[C@@H]32)C1. The van der Waals surface area contributed by atoms with Crippen molar-refractivity contribution in [2.45, 2.75) is 90.0 Å². The Kier molecular flexibility index (Phi) is 5.88. The zero-order valence-electron chi connectivity index (χ0n) is 19.3. The topological polar surface area (TPSA) is 49.7 Å². The normalized spacial score (nSPS) is 47.1. The lowest BCUT2D eigenvalue weighted by molar-refractivity contribution is -0.227. The van der Waals surface area contributed by atoms with Crippen molar-refractivity contribution in [3.05, 3.63) is 11.6 Å². The molecule has 9 atom stereocenters. The molecule has 0 aliphatic heterocycles. The summed E-state index contributed by atoms with van der Waals surface area (Å²) in [5.41, 5.74) is 0.510. The summed E-state index contributed by atoms with van der Waals surface area (Å²) < 4.78 is 45.0. The molecule has 4 aliphatic carbocycles. The zero-order chi connectivity index (χ0) is 22.8. The van der Waals surface area contributed by atoms with Gasteiger partial charge in [-0.3, -0.25) is 0 Å². The molecule has 0 heterocycles. The number of hydrogen-bond donors (Lipinski definition) is 2. The molecule has 1 unspecified atom stereocenters. The minimum atomic E-state index is -4.55. The summed E-state index contributed by atoms with van der Waals surface area (Å²) in [6.45, 7) is 6.51. The summed E-state index contributed by atoms with van der Waals surface area (Å²) in [5.74, 6) is 0.566. The van der Waals surface area contributed by atoms with Crippen molar-refractivity contribution < 1.29 is 28.1 Å². The average molecular weight is 445 g/mol. The van der Waals surface area contributed by atoms with E-state index in [0.29, 0.717) is 30.8 Å². The van der Waals surface area contributed by atoms with Gasteiger partial charge in [-0.15, -0.1) is 0 Å². The molecule has 0 aromatic rings. The van der Waals surface area contributed by atoms with Crippen LogP contribution in [0, 0.1) is 40.4 Å². The van der Waals surface area contributed by atoms with E-state index in [9.17, 15) is 23.4 Å². The van der Waals surface area contributed by atoms with E-state index in [4.69, 9.17) is 4.74 Å². The summed E-state index contributed by atoms with van der Waals surface area (Å²) >= 11 is 0. The lowest BCUT2D eigenvalue weighted by Gasteiger charge is -2.59. The predicted molar refractivity (Wildman–Crippen MR) is 113 cm³/mol. The van der Waals surface area contributed by atoms with Crippen molar-refractivity contribution >= 4 is 0 Å². The first-order valence-electron chi connectivity index (χ1n) is 12.0. The van der Waals surface area contributed by atoms with Gasteiger partial charge in [0, 0.05) is 7.11 Å². The van der Waals surface area contributed by atoms with Crippen LogP contribution in [-0.4, -0.2) is 41.8 Å². The first kappa shape index (κ1) is 23.6. The van der Waals surface area contributed by atoms with E-state index in [1.807, 2.05) is 0 Å². The number of aliphatic hydroxyl groups excluding tert-OH is 1. The van der Waals surface area contributed by atoms with Gasteiger partial charge >= 0.3 is 6.18 Å². The van der Waals surface area contributed by atoms with Gasteiger partial charge in [0.1, 0.15) is 0 Å². The number of allylic oxidation sites excluding steroid dienone is 1. The van der Waals surface area contributed by atoms with Crippen LogP contribution < -0.4 is 0 Å². The van der Waals surface area contributed by atoms with Crippen molar-refractivity contribution in [1.29, 1.82) is 0 Å². The highest BCUT2D eigenvalue weighted by Gasteiger charge is 2.61. The number of halogens is 3. The van der Waals surface area contributed by atoms with E-state index in [1.165, 1.54) is 5.57 Å². The molecule has 0 spiro atoms. The molecule has 3 saturated carbocycles. The smallest absolute Gasteiger partial charge is 0.387 e. The van der Waals surface area contributed by atoms with Crippen LogP contribution in [-0.2, 0) is 4.74 Å². The van der Waals surface area contributed by atoms with Gasteiger partial charge in [-0.25, -0.2) is 0 Å². The van der Waals surface area contributed by atoms with Crippen molar-refractivity contribution in [1.82, 2.24) is 0 Å². The van der Waals surface area contributed by atoms with Crippen molar-refractivity contribution in [2.24, 2.45) is 40.4 Å². The number of rotatable bonds is 4. The lowest BCUT2D eigenvalue weighted by Crippen LogP contribution is -2.53. The molecule has 6 heteroatoms. The minimum Gasteiger partial charge on any atom is -0.387 e. The molecule has 31 heavy (non-hydrogen) atoms. The highest BCUT2D eigenvalue weighted by Crippen LogP contribution is 2.68. The van der Waals surface area contributed by atoms with Gasteiger partial charge in [0.15, 0.2) is 6.10 Å². The Bertz CT molecular complexity index is 721. The maximum Gasteiger partial charge on any atom is 0.414 e. The van der Waals surface area contributed by atoms with Gasteiger partial charge in [0.2, 0.25) is 0 Å². The summed E-state index contributed by atoms with van der Waals surface area (Å²) in [6, 6.07) is 0. The summed E-state index contributed by atoms with van der Waals surface area (Å²) in [5, 5.41) is 20.9. The van der Waals surface area contributed by atoms with Gasteiger partial charge in [0.05, 0.1) is 12.2 Å². The number of hydrogen-bond acceptors (Lipinski definition) is 3. The first-order valence-corrected chi connectivity index (χ1v) is 12.0. The molecule has 4 aliphatic rings. The molecular weight excluding hydrogens is 405 g/mol. The molecule has 4 rings (SSSR count). The van der Waals surface area contributed by atoms with E-state index in [1.54, 1.807) is 14.0 Å². The monoisotopic (exact) mass is 444 g/mol. The third-order valence-corrected chi connectivity index (χ3v) is 10.2. The van der Waals surface area contributed by atoms with Gasteiger partial charge in [-0.05, 0) is 91.8 Å². The van der Waals surface area contributed by atoms with Crippen LogP contribution in [0.2, 0.25) is 0 Å². The number of methoxy groups -OCH3 is 1. The maximum absolute atomic E-state index is 13.2. The van der Waals surface area contributed by atoms with Gasteiger partial charge in [0.25, 0.3) is 0 Å². The largest absolute Gasteiger partial charge is 0.414 e. The molecule has 0 saturated heterocycles. The van der Waals surface area contributed by atoms with E-state index in [2.05, 4.69) is 19.9 Å². The fraction of sp³-hybridized carbons (Fsp3) is 0.920. The second-order valence-electron chi connectivity index (χ2n) is 11.7. The van der Waals surface area contributed by atoms with Gasteiger partial charge in [-0.1, -0.05) is 32.4 Å². The highest BCUT2D eigenvalue weighted by atomic mass is 19.4. The number of fused-ring (bicyclic) bond motifs is 5. The second-order valence-corrected chi connectivity index (χ2v) is 11.7. The van der Waals surface area contributed by atoms with Crippen LogP contribution in [0.5, 0.6) is 0 Å². The molecule has 0 aromatic heterocycles. The molecular formula is C25H39F3O3. The molecule has 0 bridgehead atoms. The number of alkyl halides is 3. The predicted octanol–water partition coefficient (Wildman–Crippen LogP) is 5.50. The van der Waals surface area contributed by atoms with Crippen molar-refractivity contribution in [3.8, 4) is 0 Å². The fourth-order valence-electron chi connectivity index (χ4n) is 8.53. The minimum absolute atomic E-state index is 0.0689. The Morgan fingerprint density at radius 3 is 2.48 bits per heavy atom. The maximum atomic E-state index is 13.2. The molecule has 3 nitrogen and oxygen atoms in total. The molecule has 0 aromatic carbocycles. The third kappa shape index (κ3) is 3.69. The number of ether oxygens (including phenoxy) is 1. The van der Waals surface area contributed by atoms with Gasteiger partial charge < -0.3 is 14.9 Å². The second kappa shape index (κ2) is 7.73. The fourth-order valence-corrected chi connectivity index (χ4v) is 8.53. The van der Waals surface area contributed by atoms with Crippen LogP contribution in [0.1, 0.15) is 72.1 Å². The van der Waals surface area contributed by atoms with E-state index >= 15 is 0 Å². The Morgan fingerprint density at radius 1 is 1.13 bits per heavy atom.